The summed E-state index contributed by atoms with van der Waals surface area (Å²) in [4.78, 5) is 5.45. The van der Waals surface area contributed by atoms with Crippen LogP contribution < -0.4 is 26.2 Å². The molecular formula is C83H91BN2. The molecule has 0 amide bonds. The number of fused-ring (bicyclic) bond motifs is 6. The van der Waals surface area contributed by atoms with E-state index in [1.807, 2.05) is 0 Å². The molecule has 13 rings (SSSR count). The fraction of sp³-hybridized carbons (Fsp3) is 0.349. The van der Waals surface area contributed by atoms with Crippen molar-refractivity contribution in [3.63, 3.8) is 0 Å². The Morgan fingerprint density at radius 2 is 0.802 bits per heavy atom. The lowest BCUT2D eigenvalue weighted by molar-refractivity contribution is 0.332. The van der Waals surface area contributed by atoms with Gasteiger partial charge in [-0.3, -0.25) is 0 Å². The number of anilines is 6. The van der Waals surface area contributed by atoms with Crippen molar-refractivity contribution in [1.82, 2.24) is 0 Å². The molecule has 2 nitrogen and oxygen atoms in total. The SMILES string of the molecule is CC(C)c1cc2c3c(c1)N(c1ccc(C(C)(C)c4ccccc4)cc1-c1ccc(-c4ccc(C(C)(C)C)cc4)cc1)c1ccc(C(C)(C)c4ccccc4)cc1B3c1cc3c(cc1N2c1ccc2c(c1)C(C)(C)CCC2(C)C)C(C)(C)CCC3(C)C. The van der Waals surface area contributed by atoms with Crippen LogP contribution in [0.5, 0.6) is 0 Å². The van der Waals surface area contributed by atoms with Gasteiger partial charge in [-0.05, 0) is 196 Å². The Morgan fingerprint density at radius 1 is 0.360 bits per heavy atom. The molecule has 2 aliphatic heterocycles. The van der Waals surface area contributed by atoms with Crippen molar-refractivity contribution < 1.29 is 0 Å². The summed E-state index contributed by atoms with van der Waals surface area (Å²) in [7, 11) is 0. The summed E-state index contributed by atoms with van der Waals surface area (Å²) in [6.07, 6.45) is 4.65. The first kappa shape index (κ1) is 57.7. The Bertz CT molecular complexity index is 4110. The molecule has 0 fully saturated rings. The monoisotopic (exact) mass is 1130 g/mol. The Morgan fingerprint density at radius 3 is 1.34 bits per heavy atom. The minimum atomic E-state index is -0.272. The maximum Gasteiger partial charge on any atom is 0.252 e. The molecule has 4 aliphatic rings. The zero-order chi connectivity index (χ0) is 60.8. The van der Waals surface area contributed by atoms with Gasteiger partial charge in [-0.1, -0.05) is 257 Å². The Labute approximate surface area is 517 Å². The van der Waals surface area contributed by atoms with Crippen LogP contribution >= 0.6 is 0 Å². The van der Waals surface area contributed by atoms with Crippen LogP contribution in [0.15, 0.2) is 188 Å². The second kappa shape index (κ2) is 20.1. The van der Waals surface area contributed by atoms with Gasteiger partial charge in [0.2, 0.25) is 0 Å². The van der Waals surface area contributed by atoms with Crippen molar-refractivity contribution in [1.29, 1.82) is 0 Å². The van der Waals surface area contributed by atoms with Crippen molar-refractivity contribution in [2.24, 2.45) is 0 Å². The third-order valence-electron chi connectivity index (χ3n) is 21.8. The molecule has 2 aliphatic carbocycles. The molecule has 0 saturated carbocycles. The lowest BCUT2D eigenvalue weighted by Crippen LogP contribution is -2.62. The van der Waals surface area contributed by atoms with E-state index in [9.17, 15) is 0 Å². The zero-order valence-corrected chi connectivity index (χ0v) is 54.8. The van der Waals surface area contributed by atoms with Gasteiger partial charge in [-0.2, -0.15) is 0 Å². The minimum absolute atomic E-state index is 0.00697. The van der Waals surface area contributed by atoms with Crippen LogP contribution in [0.2, 0.25) is 0 Å². The standard InChI is InChI=1S/C83H91BN2/c1-53(2)57-46-74-76-75(47-57)86(71-40-36-61(82(14,15)59-24-20-18-21-25-59)48-64(71)56-30-28-54(29-31-56)55-32-34-58(35-33-55)77(3,4)5)72-41-37-62(83(16,17)60-26-22-19-23-27-60)49-69(72)84(76)70-51-67-68(81(12,13)45-44-80(67,10)11)52-73(70)85(74)63-38-39-65-66(50-63)79(8,9)43-42-78(65,6)7/h18-41,46-53H,42-45H2,1-17H3. The predicted octanol–water partition coefficient (Wildman–Crippen LogP) is 20.9. The highest BCUT2D eigenvalue weighted by atomic mass is 15.2. The molecule has 9 aromatic carbocycles. The highest BCUT2D eigenvalue weighted by Crippen LogP contribution is 2.54. The average Bonchev–Trinajstić information content (AvgIpc) is 0.698. The van der Waals surface area contributed by atoms with Crippen LogP contribution in [0, 0.1) is 0 Å². The molecule has 0 atom stereocenters. The van der Waals surface area contributed by atoms with Crippen molar-refractivity contribution in [3.8, 4) is 22.3 Å². The highest BCUT2D eigenvalue weighted by Gasteiger charge is 2.48. The molecule has 0 bridgehead atoms. The van der Waals surface area contributed by atoms with E-state index in [2.05, 4.69) is 316 Å². The van der Waals surface area contributed by atoms with Gasteiger partial charge in [0.15, 0.2) is 0 Å². The number of hydrogen-bond donors (Lipinski definition) is 0. The topological polar surface area (TPSA) is 6.48 Å². The summed E-state index contributed by atoms with van der Waals surface area (Å²) in [6.45, 7) is 41.1. The molecule has 436 valence electrons. The average molecular weight is 1130 g/mol. The van der Waals surface area contributed by atoms with Gasteiger partial charge in [-0.15, -0.1) is 0 Å². The van der Waals surface area contributed by atoms with Crippen LogP contribution in [0.4, 0.5) is 34.1 Å². The van der Waals surface area contributed by atoms with E-state index < -0.39 is 0 Å². The Kier molecular flexibility index (Phi) is 13.5. The molecule has 86 heavy (non-hydrogen) atoms. The highest BCUT2D eigenvalue weighted by molar-refractivity contribution is 7.00. The third-order valence-corrected chi connectivity index (χ3v) is 21.8. The normalized spacial score (nSPS) is 17.1. The molecular weight excluding hydrogens is 1040 g/mol. The first-order valence-corrected chi connectivity index (χ1v) is 32.3. The lowest BCUT2D eigenvalue weighted by Gasteiger charge is -2.48. The van der Waals surface area contributed by atoms with Gasteiger partial charge in [0.25, 0.3) is 6.71 Å². The second-order valence-electron chi connectivity index (χ2n) is 31.3. The molecule has 0 aromatic heterocycles. The fourth-order valence-corrected chi connectivity index (χ4v) is 15.5. The molecule has 0 unspecified atom stereocenters. The summed E-state index contributed by atoms with van der Waals surface area (Å²) < 4.78 is 0. The number of rotatable bonds is 9. The van der Waals surface area contributed by atoms with Crippen molar-refractivity contribution in [2.75, 3.05) is 9.80 Å². The van der Waals surface area contributed by atoms with E-state index in [0.717, 1.165) is 19.3 Å². The lowest BCUT2D eigenvalue weighted by atomic mass is 9.32. The first-order chi connectivity index (χ1) is 40.6. The summed E-state index contributed by atoms with van der Waals surface area (Å²) in [5.41, 5.74) is 30.1. The predicted molar refractivity (Wildman–Crippen MR) is 372 cm³/mol. The van der Waals surface area contributed by atoms with E-state index in [1.165, 1.54) is 135 Å². The Balaban J connectivity index is 1.12. The van der Waals surface area contributed by atoms with Crippen LogP contribution in [-0.2, 0) is 37.9 Å². The van der Waals surface area contributed by atoms with Gasteiger partial charge in [-0.25, -0.2) is 0 Å². The van der Waals surface area contributed by atoms with Gasteiger partial charge < -0.3 is 9.80 Å². The van der Waals surface area contributed by atoms with Crippen LogP contribution in [0.1, 0.15) is 205 Å². The Hall–Kier alpha value is -7.36. The molecule has 0 N–H and O–H groups in total. The van der Waals surface area contributed by atoms with Gasteiger partial charge in [0, 0.05) is 44.8 Å². The van der Waals surface area contributed by atoms with E-state index >= 15 is 0 Å². The molecule has 0 spiro atoms. The molecule has 0 saturated heterocycles. The molecule has 3 heteroatoms. The van der Waals surface area contributed by atoms with E-state index in [0.29, 0.717) is 0 Å². The molecule has 9 aromatic rings. The number of benzene rings is 9. The maximum atomic E-state index is 2.74. The maximum absolute atomic E-state index is 2.74. The minimum Gasteiger partial charge on any atom is -0.311 e. The van der Waals surface area contributed by atoms with Gasteiger partial charge >= 0.3 is 0 Å². The van der Waals surface area contributed by atoms with E-state index in [-0.39, 0.29) is 50.5 Å². The summed E-state index contributed by atoms with van der Waals surface area (Å²) >= 11 is 0. The zero-order valence-electron chi connectivity index (χ0n) is 54.8. The quantitative estimate of drug-likeness (QED) is 0.133. The van der Waals surface area contributed by atoms with Crippen molar-refractivity contribution in [2.45, 2.75) is 187 Å². The third kappa shape index (κ3) is 9.43. The molecule has 2 heterocycles. The van der Waals surface area contributed by atoms with Crippen LogP contribution in [0.3, 0.4) is 0 Å². The van der Waals surface area contributed by atoms with Crippen LogP contribution in [0.25, 0.3) is 22.3 Å². The number of nitrogens with zero attached hydrogens (tertiary/aromatic N) is 2. The summed E-state index contributed by atoms with van der Waals surface area (Å²) in [5.74, 6) is 0.264. The second-order valence-corrected chi connectivity index (χ2v) is 31.3. The van der Waals surface area contributed by atoms with Gasteiger partial charge in [0.1, 0.15) is 0 Å². The van der Waals surface area contributed by atoms with E-state index in [1.54, 1.807) is 0 Å². The summed E-state index contributed by atoms with van der Waals surface area (Å²) in [5, 5.41) is 0. The first-order valence-electron chi connectivity index (χ1n) is 32.3. The van der Waals surface area contributed by atoms with E-state index in [4.69, 9.17) is 0 Å². The van der Waals surface area contributed by atoms with Crippen molar-refractivity contribution in [3.05, 3.63) is 244 Å². The molecule has 0 radical (unpaired) electrons. The van der Waals surface area contributed by atoms with Gasteiger partial charge in [0.05, 0.1) is 5.69 Å². The smallest absolute Gasteiger partial charge is 0.252 e. The summed E-state index contributed by atoms with van der Waals surface area (Å²) in [6, 6.07) is 74.1. The van der Waals surface area contributed by atoms with Crippen LogP contribution in [-0.4, -0.2) is 6.71 Å². The largest absolute Gasteiger partial charge is 0.311 e. The fourth-order valence-electron chi connectivity index (χ4n) is 15.5. The van der Waals surface area contributed by atoms with Crippen molar-refractivity contribution >= 4 is 57.2 Å². The number of hydrogen-bond acceptors (Lipinski definition) is 2.